The van der Waals surface area contributed by atoms with Gasteiger partial charge < -0.3 is 4.74 Å². The Morgan fingerprint density at radius 1 is 0.950 bits per heavy atom. The van der Waals surface area contributed by atoms with Gasteiger partial charge in [-0.15, -0.1) is 0 Å². The Hall–Kier alpha value is -0.460. The molecule has 0 aromatic heterocycles. The van der Waals surface area contributed by atoms with Gasteiger partial charge in [0, 0.05) is 6.61 Å². The maximum atomic E-state index is 13.1. The van der Waals surface area contributed by atoms with Gasteiger partial charge in [-0.2, -0.15) is 26.3 Å². The van der Waals surface area contributed by atoms with Crippen LogP contribution < -0.4 is 0 Å². The maximum absolute atomic E-state index is 13.1. The molecule has 118 valence electrons. The van der Waals surface area contributed by atoms with Gasteiger partial charge >= 0.3 is 12.4 Å². The molecule has 0 saturated heterocycles. The molecule has 0 amide bonds. The Bertz CT molecular complexity index is 334. The van der Waals surface area contributed by atoms with Crippen LogP contribution in [-0.4, -0.2) is 24.6 Å². The highest BCUT2D eigenvalue weighted by Gasteiger charge is 2.72. The smallest absolute Gasteiger partial charge is 0.358 e. The normalized spacial score (nSPS) is 31.1. The summed E-state index contributed by atoms with van der Waals surface area (Å²) < 4.78 is 82.9. The van der Waals surface area contributed by atoms with E-state index in [2.05, 4.69) is 4.74 Å². The molecule has 2 fully saturated rings. The molecule has 7 heteroatoms. The summed E-state index contributed by atoms with van der Waals surface area (Å²) in [6.45, 7) is 0.548. The highest BCUT2D eigenvalue weighted by molar-refractivity contribution is 5.01. The zero-order chi connectivity index (χ0) is 15.2. The minimum absolute atomic E-state index is 0.00969. The fourth-order valence-electron chi connectivity index (χ4n) is 3.86. The van der Waals surface area contributed by atoms with Gasteiger partial charge in [-0.1, -0.05) is 6.42 Å². The lowest BCUT2D eigenvalue weighted by Crippen LogP contribution is -2.60. The molecule has 2 saturated carbocycles. The largest absolute Gasteiger partial charge is 0.426 e. The van der Waals surface area contributed by atoms with E-state index in [0.717, 1.165) is 26.2 Å². The summed E-state index contributed by atoms with van der Waals surface area (Å²) in [5.74, 6) is -0.251. The van der Waals surface area contributed by atoms with Crippen LogP contribution in [0.2, 0.25) is 0 Å². The SMILES string of the molecule is CCOC(CC1CC2CCC1C2)(C(F)(F)F)C(F)(F)F. The molecule has 3 atom stereocenters. The van der Waals surface area contributed by atoms with Crippen molar-refractivity contribution < 1.29 is 31.1 Å². The number of halogens is 6. The number of fused-ring (bicyclic) bond motifs is 2. The van der Waals surface area contributed by atoms with Crippen LogP contribution in [-0.2, 0) is 4.74 Å². The first-order chi connectivity index (χ1) is 9.11. The van der Waals surface area contributed by atoms with Crippen LogP contribution in [0.4, 0.5) is 26.3 Å². The Morgan fingerprint density at radius 2 is 1.55 bits per heavy atom. The Kier molecular flexibility index (Phi) is 4.04. The lowest BCUT2D eigenvalue weighted by Gasteiger charge is -2.40. The van der Waals surface area contributed by atoms with Crippen molar-refractivity contribution in [2.45, 2.75) is 57.0 Å². The lowest BCUT2D eigenvalue weighted by atomic mass is 9.79. The van der Waals surface area contributed by atoms with Crippen LogP contribution in [0.3, 0.4) is 0 Å². The zero-order valence-corrected chi connectivity index (χ0v) is 11.2. The summed E-state index contributed by atoms with van der Waals surface area (Å²) in [4.78, 5) is 0. The third-order valence-electron chi connectivity index (χ3n) is 4.74. The second kappa shape index (κ2) is 5.07. The Labute approximate surface area is 113 Å². The maximum Gasteiger partial charge on any atom is 0.426 e. The van der Waals surface area contributed by atoms with Crippen molar-refractivity contribution in [3.8, 4) is 0 Å². The molecule has 0 spiro atoms. The molecular formula is C13H18F6O. The van der Waals surface area contributed by atoms with E-state index < -0.39 is 36.9 Å². The second-order valence-electron chi connectivity index (χ2n) is 5.89. The molecule has 1 nitrogen and oxygen atoms in total. The fraction of sp³-hybridized carbons (Fsp3) is 1.00. The molecule has 0 aromatic carbocycles. The number of alkyl halides is 6. The molecule has 0 N–H and O–H groups in total. The predicted molar refractivity (Wildman–Crippen MR) is 60.0 cm³/mol. The molecule has 0 aromatic rings. The van der Waals surface area contributed by atoms with E-state index in [1.807, 2.05) is 0 Å². The monoisotopic (exact) mass is 304 g/mol. The quantitative estimate of drug-likeness (QED) is 0.683. The van der Waals surface area contributed by atoms with Gasteiger partial charge in [0.1, 0.15) is 0 Å². The van der Waals surface area contributed by atoms with Crippen molar-refractivity contribution >= 4 is 0 Å². The van der Waals surface area contributed by atoms with Crippen molar-refractivity contribution in [1.82, 2.24) is 0 Å². The molecule has 2 rings (SSSR count). The van der Waals surface area contributed by atoms with E-state index in [1.165, 1.54) is 0 Å². The summed E-state index contributed by atoms with van der Waals surface area (Å²) in [6.07, 6.45) is -8.97. The summed E-state index contributed by atoms with van der Waals surface area (Å²) in [7, 11) is 0. The van der Waals surface area contributed by atoms with Gasteiger partial charge in [0.25, 0.3) is 5.60 Å². The van der Waals surface area contributed by atoms with Crippen LogP contribution in [0.25, 0.3) is 0 Å². The van der Waals surface area contributed by atoms with E-state index in [-0.39, 0.29) is 5.92 Å². The van der Waals surface area contributed by atoms with E-state index in [9.17, 15) is 26.3 Å². The Morgan fingerprint density at radius 3 is 1.90 bits per heavy atom. The van der Waals surface area contributed by atoms with E-state index >= 15 is 0 Å². The molecule has 0 heterocycles. The van der Waals surface area contributed by atoms with Gasteiger partial charge in [0.05, 0.1) is 0 Å². The van der Waals surface area contributed by atoms with Crippen molar-refractivity contribution in [3.05, 3.63) is 0 Å². The first-order valence-electron chi connectivity index (χ1n) is 6.88. The molecular weight excluding hydrogens is 286 g/mol. The first kappa shape index (κ1) is 15.9. The molecule has 2 bridgehead atoms. The topological polar surface area (TPSA) is 9.23 Å². The molecule has 0 radical (unpaired) electrons. The van der Waals surface area contributed by atoms with Crippen LogP contribution in [0.5, 0.6) is 0 Å². The number of hydrogen-bond donors (Lipinski definition) is 0. The van der Waals surface area contributed by atoms with Gasteiger partial charge in [-0.3, -0.25) is 0 Å². The minimum atomic E-state index is -5.44. The average Bonchev–Trinajstić information content (AvgIpc) is 2.86. The highest BCUT2D eigenvalue weighted by Crippen LogP contribution is 2.56. The van der Waals surface area contributed by atoms with Crippen molar-refractivity contribution in [1.29, 1.82) is 0 Å². The summed E-state index contributed by atoms with van der Waals surface area (Å²) in [5, 5.41) is 0. The molecule has 3 unspecified atom stereocenters. The highest BCUT2D eigenvalue weighted by atomic mass is 19.4. The molecule has 2 aliphatic rings. The summed E-state index contributed by atoms with van der Waals surface area (Å²) in [6, 6.07) is 0. The van der Waals surface area contributed by atoms with Crippen LogP contribution in [0, 0.1) is 17.8 Å². The summed E-state index contributed by atoms with van der Waals surface area (Å²) in [5.41, 5.74) is -4.01. The average molecular weight is 304 g/mol. The zero-order valence-electron chi connectivity index (χ0n) is 11.2. The molecule has 0 aliphatic heterocycles. The second-order valence-corrected chi connectivity index (χ2v) is 5.89. The number of ether oxygens (including phenoxy) is 1. The number of hydrogen-bond acceptors (Lipinski definition) is 1. The third kappa shape index (κ3) is 2.53. The van der Waals surface area contributed by atoms with Crippen LogP contribution in [0.1, 0.15) is 39.0 Å². The van der Waals surface area contributed by atoms with Crippen molar-refractivity contribution in [2.75, 3.05) is 6.61 Å². The van der Waals surface area contributed by atoms with E-state index in [4.69, 9.17) is 0 Å². The van der Waals surface area contributed by atoms with Crippen LogP contribution in [0.15, 0.2) is 0 Å². The van der Waals surface area contributed by atoms with Gasteiger partial charge in [0.15, 0.2) is 0 Å². The van der Waals surface area contributed by atoms with E-state index in [0.29, 0.717) is 12.3 Å². The third-order valence-corrected chi connectivity index (χ3v) is 4.74. The van der Waals surface area contributed by atoms with Crippen LogP contribution >= 0.6 is 0 Å². The molecule has 20 heavy (non-hydrogen) atoms. The lowest BCUT2D eigenvalue weighted by molar-refractivity contribution is -0.385. The summed E-state index contributed by atoms with van der Waals surface area (Å²) >= 11 is 0. The first-order valence-corrected chi connectivity index (χ1v) is 6.88. The minimum Gasteiger partial charge on any atom is -0.358 e. The predicted octanol–water partition coefficient (Wildman–Crippen LogP) is 4.71. The van der Waals surface area contributed by atoms with Crippen molar-refractivity contribution in [2.24, 2.45) is 17.8 Å². The van der Waals surface area contributed by atoms with Crippen molar-refractivity contribution in [3.63, 3.8) is 0 Å². The standard InChI is InChI=1S/C13H18F6O/c1-2-20-11(12(14,15)16,13(17,18)19)7-10-6-8-3-4-9(10)5-8/h8-10H,2-7H2,1H3. The van der Waals surface area contributed by atoms with Gasteiger partial charge in [-0.05, 0) is 50.4 Å². The number of rotatable bonds is 4. The molecule has 2 aliphatic carbocycles. The Balaban J connectivity index is 2.26. The van der Waals surface area contributed by atoms with Gasteiger partial charge in [-0.25, -0.2) is 0 Å². The van der Waals surface area contributed by atoms with Gasteiger partial charge in [0.2, 0.25) is 0 Å². The fourth-order valence-corrected chi connectivity index (χ4v) is 3.86. The van der Waals surface area contributed by atoms with E-state index in [1.54, 1.807) is 0 Å².